The quantitative estimate of drug-likeness (QED) is 0.457. The second kappa shape index (κ2) is 7.26. The van der Waals surface area contributed by atoms with Crippen LogP contribution in [0, 0.1) is 0 Å². The molecule has 0 unspecified atom stereocenters. The summed E-state index contributed by atoms with van der Waals surface area (Å²) in [7, 11) is -3.98. The van der Waals surface area contributed by atoms with E-state index in [0.29, 0.717) is 10.0 Å². The molecule has 0 aliphatic heterocycles. The Labute approximate surface area is 163 Å². The van der Waals surface area contributed by atoms with Gasteiger partial charge in [0.1, 0.15) is 0 Å². The standard InChI is InChI=1S/C18H15BrN2O5S/c1-10(17(22)14-9-21-16-5-3-2-4-12(14)16)26-18(23)13-8-11(27(20,24)25)6-7-15(13)19/h2-10,21H,1H3,(H2,20,24,25)/t10-/m0/s1. The van der Waals surface area contributed by atoms with E-state index in [1.807, 2.05) is 12.1 Å². The number of nitrogens with two attached hydrogens (primary N) is 1. The van der Waals surface area contributed by atoms with Gasteiger partial charge in [-0.3, -0.25) is 4.79 Å². The summed E-state index contributed by atoms with van der Waals surface area (Å²) in [6.45, 7) is 1.46. The zero-order valence-corrected chi connectivity index (χ0v) is 16.5. The molecule has 3 N–H and O–H groups in total. The highest BCUT2D eigenvalue weighted by molar-refractivity contribution is 9.10. The molecule has 140 valence electrons. The zero-order valence-electron chi connectivity index (χ0n) is 14.1. The topological polar surface area (TPSA) is 119 Å². The third kappa shape index (κ3) is 3.95. The van der Waals surface area contributed by atoms with Crippen molar-refractivity contribution in [1.82, 2.24) is 4.98 Å². The highest BCUT2D eigenvalue weighted by Crippen LogP contribution is 2.23. The molecule has 9 heteroatoms. The smallest absolute Gasteiger partial charge is 0.340 e. The number of aromatic nitrogens is 1. The van der Waals surface area contributed by atoms with Crippen molar-refractivity contribution in [2.45, 2.75) is 17.9 Å². The largest absolute Gasteiger partial charge is 0.451 e. The van der Waals surface area contributed by atoms with Crippen molar-refractivity contribution < 1.29 is 22.7 Å². The summed E-state index contributed by atoms with van der Waals surface area (Å²) in [6, 6.07) is 11.0. The van der Waals surface area contributed by atoms with Crippen LogP contribution in [0.25, 0.3) is 10.9 Å². The van der Waals surface area contributed by atoms with E-state index in [9.17, 15) is 18.0 Å². The molecule has 0 spiro atoms. The van der Waals surface area contributed by atoms with E-state index in [2.05, 4.69) is 20.9 Å². The molecule has 3 rings (SSSR count). The Morgan fingerprint density at radius 3 is 2.56 bits per heavy atom. The molecule has 0 fully saturated rings. The molecule has 0 saturated carbocycles. The van der Waals surface area contributed by atoms with Crippen LogP contribution in [0.15, 0.2) is 58.0 Å². The molecule has 7 nitrogen and oxygen atoms in total. The summed E-state index contributed by atoms with van der Waals surface area (Å²) in [5, 5.41) is 5.81. The number of carbonyl (C=O) groups is 2. The van der Waals surface area contributed by atoms with Gasteiger partial charge in [0.15, 0.2) is 6.10 Å². The molecule has 0 saturated heterocycles. The number of ether oxygens (including phenoxy) is 1. The van der Waals surface area contributed by atoms with E-state index < -0.39 is 22.1 Å². The fourth-order valence-corrected chi connectivity index (χ4v) is 3.56. The lowest BCUT2D eigenvalue weighted by Crippen LogP contribution is -2.24. The van der Waals surface area contributed by atoms with Crippen LogP contribution in [0.2, 0.25) is 0 Å². The van der Waals surface area contributed by atoms with Crippen LogP contribution in [0.5, 0.6) is 0 Å². The van der Waals surface area contributed by atoms with Crippen LogP contribution < -0.4 is 5.14 Å². The molecule has 0 amide bonds. The van der Waals surface area contributed by atoms with Crippen molar-refractivity contribution in [1.29, 1.82) is 0 Å². The average molecular weight is 451 g/mol. The Bertz CT molecular complexity index is 1150. The Hall–Kier alpha value is -2.49. The molecule has 0 aliphatic rings. The summed E-state index contributed by atoms with van der Waals surface area (Å²) in [5.74, 6) is -1.22. The number of nitrogens with one attached hydrogen (secondary N) is 1. The second-order valence-electron chi connectivity index (χ2n) is 5.85. The number of aromatic amines is 1. The number of benzene rings is 2. The normalized spacial score (nSPS) is 12.7. The predicted molar refractivity (Wildman–Crippen MR) is 103 cm³/mol. The van der Waals surface area contributed by atoms with Gasteiger partial charge < -0.3 is 9.72 Å². The highest BCUT2D eigenvalue weighted by Gasteiger charge is 2.24. The molecule has 27 heavy (non-hydrogen) atoms. The number of ketones is 1. The van der Waals surface area contributed by atoms with Gasteiger partial charge in [-0.2, -0.15) is 0 Å². The number of para-hydroxylation sites is 1. The summed E-state index contributed by atoms with van der Waals surface area (Å²) in [5.41, 5.74) is 1.16. The molecule has 3 aromatic rings. The number of H-pyrrole nitrogens is 1. The van der Waals surface area contributed by atoms with Gasteiger partial charge in [-0.15, -0.1) is 0 Å². The summed E-state index contributed by atoms with van der Waals surface area (Å²) >= 11 is 3.17. The van der Waals surface area contributed by atoms with Crippen molar-refractivity contribution in [3.63, 3.8) is 0 Å². The second-order valence-corrected chi connectivity index (χ2v) is 8.26. The minimum Gasteiger partial charge on any atom is -0.451 e. The molecule has 1 atom stereocenters. The number of fused-ring (bicyclic) bond motifs is 1. The Balaban J connectivity index is 1.85. The number of esters is 1. The number of sulfonamides is 1. The predicted octanol–water partition coefficient (Wildman–Crippen LogP) is 3.01. The van der Waals surface area contributed by atoms with Crippen LogP contribution in [0.1, 0.15) is 27.6 Å². The first-order valence-electron chi connectivity index (χ1n) is 7.82. The maximum atomic E-state index is 12.7. The Morgan fingerprint density at radius 1 is 1.15 bits per heavy atom. The van der Waals surface area contributed by atoms with E-state index >= 15 is 0 Å². The van der Waals surface area contributed by atoms with Crippen molar-refractivity contribution in [2.75, 3.05) is 0 Å². The first-order valence-corrected chi connectivity index (χ1v) is 10.2. The van der Waals surface area contributed by atoms with E-state index in [-0.39, 0.29) is 16.2 Å². The fraction of sp³-hybridized carbons (Fsp3) is 0.111. The lowest BCUT2D eigenvalue weighted by atomic mass is 10.1. The third-order valence-corrected chi connectivity index (χ3v) is 5.60. The number of rotatable bonds is 5. The number of primary sulfonamides is 1. The summed E-state index contributed by atoms with van der Waals surface area (Å²) in [4.78, 5) is 27.9. The number of hydrogen-bond donors (Lipinski definition) is 2. The zero-order chi connectivity index (χ0) is 19.8. The van der Waals surface area contributed by atoms with Gasteiger partial charge in [0, 0.05) is 27.1 Å². The number of hydrogen-bond acceptors (Lipinski definition) is 5. The van der Waals surface area contributed by atoms with Crippen molar-refractivity contribution in [2.24, 2.45) is 5.14 Å². The van der Waals surface area contributed by atoms with Gasteiger partial charge in [0.25, 0.3) is 0 Å². The maximum Gasteiger partial charge on any atom is 0.340 e. The number of carbonyl (C=O) groups excluding carboxylic acids is 2. The van der Waals surface area contributed by atoms with Gasteiger partial charge in [-0.25, -0.2) is 18.4 Å². The maximum absolute atomic E-state index is 12.7. The lowest BCUT2D eigenvalue weighted by molar-refractivity contribution is 0.0318. The van der Waals surface area contributed by atoms with Crippen molar-refractivity contribution in [3.8, 4) is 0 Å². The van der Waals surface area contributed by atoms with Crippen LogP contribution in [-0.2, 0) is 14.8 Å². The van der Waals surface area contributed by atoms with Crippen LogP contribution in [-0.4, -0.2) is 31.3 Å². The minimum atomic E-state index is -3.98. The van der Waals surface area contributed by atoms with Crippen LogP contribution in [0.4, 0.5) is 0 Å². The first-order chi connectivity index (χ1) is 12.7. The molecule has 0 aliphatic carbocycles. The van der Waals surface area contributed by atoms with Gasteiger partial charge in [-0.05, 0) is 47.1 Å². The first kappa shape index (κ1) is 19.3. The Morgan fingerprint density at radius 2 is 1.85 bits per heavy atom. The minimum absolute atomic E-state index is 0.0416. The van der Waals surface area contributed by atoms with Gasteiger partial charge in [0.05, 0.1) is 10.5 Å². The van der Waals surface area contributed by atoms with Crippen molar-refractivity contribution >= 4 is 48.6 Å². The lowest BCUT2D eigenvalue weighted by Gasteiger charge is -2.13. The van der Waals surface area contributed by atoms with Gasteiger partial charge in [0.2, 0.25) is 15.8 Å². The van der Waals surface area contributed by atoms with E-state index in [1.165, 1.54) is 19.1 Å². The molecular weight excluding hydrogens is 436 g/mol. The monoisotopic (exact) mass is 450 g/mol. The molecule has 2 aromatic carbocycles. The molecule has 0 radical (unpaired) electrons. The number of Topliss-reactive ketones (excluding diaryl/α,β-unsaturated/α-hetero) is 1. The van der Waals surface area contributed by atoms with E-state index in [1.54, 1.807) is 18.3 Å². The van der Waals surface area contributed by atoms with Crippen LogP contribution >= 0.6 is 15.9 Å². The van der Waals surface area contributed by atoms with E-state index in [0.717, 1.165) is 17.0 Å². The molecule has 0 bridgehead atoms. The van der Waals surface area contributed by atoms with Gasteiger partial charge >= 0.3 is 5.97 Å². The van der Waals surface area contributed by atoms with Gasteiger partial charge in [-0.1, -0.05) is 18.2 Å². The Kier molecular flexibility index (Phi) is 5.18. The molecular formula is C18H15BrN2O5S. The molecule has 1 aromatic heterocycles. The average Bonchev–Trinajstić information content (AvgIpc) is 3.04. The summed E-state index contributed by atoms with van der Waals surface area (Å²) in [6.07, 6.45) is 0.497. The van der Waals surface area contributed by atoms with E-state index in [4.69, 9.17) is 9.88 Å². The van der Waals surface area contributed by atoms with Crippen molar-refractivity contribution in [3.05, 3.63) is 64.3 Å². The summed E-state index contributed by atoms with van der Waals surface area (Å²) < 4.78 is 28.5. The number of halogens is 1. The highest BCUT2D eigenvalue weighted by atomic mass is 79.9. The molecule has 1 heterocycles. The van der Waals surface area contributed by atoms with Crippen LogP contribution in [0.3, 0.4) is 0 Å². The fourth-order valence-electron chi connectivity index (χ4n) is 2.61. The third-order valence-electron chi connectivity index (χ3n) is 3.99. The SMILES string of the molecule is C[C@H](OC(=O)c1cc(S(N)(=O)=O)ccc1Br)C(=O)c1c[nH]c2ccccc12.